The molecule has 71 valence electrons. The molecule has 5 nitrogen and oxygen atoms in total. The van der Waals surface area contributed by atoms with Gasteiger partial charge in [0, 0.05) is 10.6 Å². The topological polar surface area (TPSA) is 64.7 Å². The quantitative estimate of drug-likeness (QED) is 0.277. The van der Waals surface area contributed by atoms with Crippen LogP contribution in [0.5, 0.6) is 0 Å². The molecule has 6 heteroatoms. The van der Waals surface area contributed by atoms with E-state index >= 15 is 0 Å². The number of carbonyl (C=O) groups is 2. The van der Waals surface area contributed by atoms with Crippen LogP contribution in [0.4, 0.5) is 0 Å². The first kappa shape index (κ1) is 8.56. The number of carbonyl (C=O) groups excluding carboxylic acids is 2. The minimum absolute atomic E-state index is 0.155. The van der Waals surface area contributed by atoms with E-state index < -0.39 is 25.2 Å². The highest BCUT2D eigenvalue weighted by Crippen LogP contribution is 2.34. The molecule has 13 heavy (non-hydrogen) atoms. The van der Waals surface area contributed by atoms with Gasteiger partial charge in [0.05, 0.1) is 0 Å². The van der Waals surface area contributed by atoms with Gasteiger partial charge >= 0.3 is 17.8 Å². The summed E-state index contributed by atoms with van der Waals surface area (Å²) in [6.45, 7) is 3.34. The molecule has 1 radical (unpaired) electrons. The molecular weight excluding hydrogens is 175 g/mol. The molecule has 2 saturated heterocycles. The number of rotatable bonds is 0. The van der Waals surface area contributed by atoms with Crippen LogP contribution >= 0.6 is 0 Å². The molecule has 3 atom stereocenters. The largest absolute Gasteiger partial charge is 0.544 e. The van der Waals surface area contributed by atoms with Gasteiger partial charge in [-0.3, -0.25) is 4.74 Å². The molecule has 0 bridgehead atoms. The normalized spacial score (nSPS) is 43.8. The van der Waals surface area contributed by atoms with Gasteiger partial charge in [0.15, 0.2) is 13.4 Å². The van der Waals surface area contributed by atoms with Gasteiger partial charge in [0.25, 0.3) is 0 Å². The van der Waals surface area contributed by atoms with E-state index in [1.54, 1.807) is 13.8 Å². The van der Waals surface area contributed by atoms with E-state index in [1.165, 1.54) is 0 Å². The molecule has 0 N–H and O–H groups in total. The van der Waals surface area contributed by atoms with Crippen molar-refractivity contribution in [1.29, 1.82) is 0 Å². The number of esters is 2. The van der Waals surface area contributed by atoms with Crippen LogP contribution in [0, 0.1) is 0 Å². The molecule has 3 unspecified atom stereocenters. The van der Waals surface area contributed by atoms with Gasteiger partial charge in [0.1, 0.15) is 0 Å². The van der Waals surface area contributed by atoms with E-state index in [4.69, 9.17) is 14.2 Å². The standard InChI is InChI=1S/C7H10BO5/c1-3-5(9)12-7(8-3)11-4(2)6(10)13-7/h3-4H,8H2,1-2H3. The van der Waals surface area contributed by atoms with Crippen LogP contribution in [-0.2, 0) is 23.8 Å². The Bertz CT molecular complexity index is 248. The zero-order chi connectivity index (χ0) is 9.64. The van der Waals surface area contributed by atoms with Crippen molar-refractivity contribution in [1.82, 2.24) is 0 Å². The van der Waals surface area contributed by atoms with Crippen molar-refractivity contribution in [2.75, 3.05) is 0 Å². The van der Waals surface area contributed by atoms with E-state index in [-0.39, 0.29) is 11.8 Å². The van der Waals surface area contributed by atoms with Crippen LogP contribution in [0.3, 0.4) is 0 Å². The second-order valence-corrected chi connectivity index (χ2v) is 3.91. The monoisotopic (exact) mass is 185 g/mol. The zero-order valence-corrected chi connectivity index (χ0v) is 7.70. The average molecular weight is 185 g/mol. The van der Waals surface area contributed by atoms with Gasteiger partial charge < -0.3 is 9.47 Å². The summed E-state index contributed by atoms with van der Waals surface area (Å²) in [6.07, 6.45) is -0.623. The maximum atomic E-state index is 11.1. The first-order valence-electron chi connectivity index (χ1n) is 4.47. The molecule has 1 spiro atoms. The fourth-order valence-corrected chi connectivity index (χ4v) is 1.84. The molecule has 0 aromatic heterocycles. The van der Waals surface area contributed by atoms with Gasteiger partial charge in [-0.05, 0) is 6.92 Å². The van der Waals surface area contributed by atoms with E-state index in [2.05, 4.69) is 0 Å². The number of ether oxygens (including phenoxy) is 3. The van der Waals surface area contributed by atoms with Crippen molar-refractivity contribution in [2.45, 2.75) is 31.6 Å². The lowest BCUT2D eigenvalue weighted by atomic mass is 9.65. The third-order valence-corrected chi connectivity index (χ3v) is 2.55. The van der Waals surface area contributed by atoms with E-state index in [1.807, 2.05) is 0 Å². The van der Waals surface area contributed by atoms with Gasteiger partial charge in [-0.1, -0.05) is 6.92 Å². The molecule has 2 aliphatic heterocycles. The van der Waals surface area contributed by atoms with E-state index in [9.17, 15) is 9.59 Å². The Hall–Kier alpha value is -1.04. The van der Waals surface area contributed by atoms with Crippen molar-refractivity contribution in [3.63, 3.8) is 0 Å². The summed E-state index contributed by atoms with van der Waals surface area (Å²) in [5.74, 6) is -2.24. The van der Waals surface area contributed by atoms with Gasteiger partial charge in [-0.15, -0.1) is 0 Å². The fourth-order valence-electron chi connectivity index (χ4n) is 1.84. The summed E-state index contributed by atoms with van der Waals surface area (Å²) in [7, 11) is -0.882. The van der Waals surface area contributed by atoms with Crippen molar-refractivity contribution in [3.8, 4) is 0 Å². The average Bonchev–Trinajstić information content (AvgIpc) is 2.39. The van der Waals surface area contributed by atoms with Crippen molar-refractivity contribution >= 4 is 19.2 Å². The predicted octanol–water partition coefficient (Wildman–Crippen LogP) is -0.906. The minimum atomic E-state index is -1.30. The molecule has 2 fully saturated rings. The Kier molecular flexibility index (Phi) is 1.63. The Morgan fingerprint density at radius 3 is 2.54 bits per heavy atom. The van der Waals surface area contributed by atoms with Gasteiger partial charge in [-0.25, -0.2) is 4.79 Å². The lowest BCUT2D eigenvalue weighted by molar-refractivity contribution is -0.253. The highest BCUT2D eigenvalue weighted by atomic mass is 16.9. The third-order valence-electron chi connectivity index (χ3n) is 2.55. The Labute approximate surface area is 75.6 Å². The lowest BCUT2D eigenvalue weighted by Crippen LogP contribution is -2.36. The first-order chi connectivity index (χ1) is 6.02. The van der Waals surface area contributed by atoms with Crippen molar-refractivity contribution in [3.05, 3.63) is 0 Å². The fraction of sp³-hybridized carbons (Fsp3) is 0.714. The van der Waals surface area contributed by atoms with Gasteiger partial charge in [-0.2, -0.15) is 0 Å². The van der Waals surface area contributed by atoms with Crippen molar-refractivity contribution < 1.29 is 23.8 Å². The van der Waals surface area contributed by atoms with Crippen LogP contribution in [0.1, 0.15) is 13.8 Å². The molecule has 0 aromatic rings. The molecule has 0 saturated carbocycles. The van der Waals surface area contributed by atoms with E-state index in [0.29, 0.717) is 0 Å². The molecule has 0 amide bonds. The molecule has 2 heterocycles. The summed E-state index contributed by atoms with van der Waals surface area (Å²) < 4.78 is 15.0. The zero-order valence-electron chi connectivity index (χ0n) is 7.70. The molecule has 2 aliphatic rings. The van der Waals surface area contributed by atoms with Crippen LogP contribution in [0.2, 0.25) is 5.82 Å². The van der Waals surface area contributed by atoms with Gasteiger partial charge in [0.2, 0.25) is 0 Å². The highest BCUT2D eigenvalue weighted by Gasteiger charge is 2.57. The second-order valence-electron chi connectivity index (χ2n) is 3.91. The SMILES string of the molecule is CC1[BH2-]C2(OC(=O)C(C)O2)OC1=[O+]. The lowest BCUT2D eigenvalue weighted by Gasteiger charge is -2.17. The first-order valence-corrected chi connectivity index (χ1v) is 4.47. The van der Waals surface area contributed by atoms with E-state index in [0.717, 1.165) is 0 Å². The highest BCUT2D eigenvalue weighted by molar-refractivity contribution is 6.49. The molecule has 0 aromatic carbocycles. The maximum Gasteiger partial charge on any atom is 0.544 e. The van der Waals surface area contributed by atoms with Crippen molar-refractivity contribution in [2.24, 2.45) is 0 Å². The summed E-state index contributed by atoms with van der Waals surface area (Å²) in [6, 6.07) is 0. The third kappa shape index (κ3) is 1.21. The molecule has 0 aliphatic carbocycles. The second kappa shape index (κ2) is 2.48. The number of hydrogen-bond acceptors (Lipinski definition) is 5. The van der Waals surface area contributed by atoms with Crippen LogP contribution in [-0.4, -0.2) is 31.2 Å². The summed E-state index contributed by atoms with van der Waals surface area (Å²) in [5.41, 5.74) is 0. The summed E-state index contributed by atoms with van der Waals surface area (Å²) >= 11 is 0. The summed E-state index contributed by atoms with van der Waals surface area (Å²) in [4.78, 5) is 22.1. The maximum absolute atomic E-state index is 11.1. The minimum Gasteiger partial charge on any atom is -0.408 e. The van der Waals surface area contributed by atoms with Crippen LogP contribution in [0.25, 0.3) is 0 Å². The Balaban J connectivity index is 2.17. The Morgan fingerprint density at radius 2 is 2.15 bits per heavy atom. The smallest absolute Gasteiger partial charge is 0.408 e. The summed E-state index contributed by atoms with van der Waals surface area (Å²) in [5, 5.41) is 0. The van der Waals surface area contributed by atoms with Crippen LogP contribution in [0.15, 0.2) is 0 Å². The van der Waals surface area contributed by atoms with Crippen LogP contribution < -0.4 is 0 Å². The molecular formula is C7H10BO5. The Morgan fingerprint density at radius 1 is 1.46 bits per heavy atom. The molecule has 2 rings (SSSR count). The predicted molar refractivity (Wildman–Crippen MR) is 43.4 cm³/mol. The number of hydrogen-bond donors (Lipinski definition) is 0.